The lowest BCUT2D eigenvalue weighted by Gasteiger charge is -2.25. The fourth-order valence-corrected chi connectivity index (χ4v) is 2.01. The highest BCUT2D eigenvalue weighted by atomic mass is 79.9. The van der Waals surface area contributed by atoms with Crippen LogP contribution in [-0.2, 0) is 11.3 Å². The molecule has 2 N–H and O–H groups in total. The highest BCUT2D eigenvalue weighted by molar-refractivity contribution is 9.10. The van der Waals surface area contributed by atoms with Crippen molar-refractivity contribution in [3.63, 3.8) is 0 Å². The van der Waals surface area contributed by atoms with Gasteiger partial charge in [0.05, 0.1) is 13.7 Å². The van der Waals surface area contributed by atoms with Crippen molar-refractivity contribution in [3.05, 3.63) is 28.2 Å². The number of ether oxygens (including phenoxy) is 1. The van der Waals surface area contributed by atoms with Crippen LogP contribution in [0.2, 0.25) is 0 Å². The number of benzene rings is 1. The number of halogens is 1. The van der Waals surface area contributed by atoms with E-state index >= 15 is 0 Å². The van der Waals surface area contributed by atoms with E-state index in [0.717, 1.165) is 15.8 Å². The third-order valence-corrected chi connectivity index (χ3v) is 3.49. The summed E-state index contributed by atoms with van der Waals surface area (Å²) < 4.78 is 6.20. The molecule has 0 heterocycles. The van der Waals surface area contributed by atoms with Crippen molar-refractivity contribution >= 4 is 21.8 Å². The number of nitrogens with two attached hydrogens (primary N) is 1. The third kappa shape index (κ3) is 4.31. The topological polar surface area (TPSA) is 55.6 Å². The summed E-state index contributed by atoms with van der Waals surface area (Å²) >= 11 is 3.51. The SMILES string of the molecule is COc1ccc(Br)c(CN(CC(N)=O)C(C)C)c1. The molecule has 5 heteroatoms. The van der Waals surface area contributed by atoms with Crippen molar-refractivity contribution in [1.82, 2.24) is 4.90 Å². The van der Waals surface area contributed by atoms with Crippen molar-refractivity contribution in [2.24, 2.45) is 5.73 Å². The molecule has 0 aliphatic heterocycles. The number of hydrogen-bond acceptors (Lipinski definition) is 3. The van der Waals surface area contributed by atoms with E-state index in [0.29, 0.717) is 6.54 Å². The van der Waals surface area contributed by atoms with Gasteiger partial charge in [0.15, 0.2) is 0 Å². The van der Waals surface area contributed by atoms with Crippen LogP contribution < -0.4 is 10.5 Å². The smallest absolute Gasteiger partial charge is 0.231 e. The minimum atomic E-state index is -0.317. The van der Waals surface area contributed by atoms with E-state index < -0.39 is 0 Å². The predicted octanol–water partition coefficient (Wildman–Crippen LogP) is 2.15. The molecule has 0 radical (unpaired) electrons. The lowest BCUT2D eigenvalue weighted by atomic mass is 10.1. The van der Waals surface area contributed by atoms with Crippen LogP contribution in [0.3, 0.4) is 0 Å². The lowest BCUT2D eigenvalue weighted by Crippen LogP contribution is -2.38. The first kappa shape index (κ1) is 15.0. The highest BCUT2D eigenvalue weighted by Gasteiger charge is 2.14. The number of carbonyl (C=O) groups is 1. The molecule has 0 atom stereocenters. The predicted molar refractivity (Wildman–Crippen MR) is 75.4 cm³/mol. The van der Waals surface area contributed by atoms with Crippen LogP contribution in [0.1, 0.15) is 19.4 Å². The van der Waals surface area contributed by atoms with Gasteiger partial charge in [-0.1, -0.05) is 15.9 Å². The van der Waals surface area contributed by atoms with Gasteiger partial charge in [0, 0.05) is 17.1 Å². The third-order valence-electron chi connectivity index (χ3n) is 2.72. The van der Waals surface area contributed by atoms with E-state index in [4.69, 9.17) is 10.5 Å². The molecule has 1 rings (SSSR count). The molecular weight excluding hydrogens is 296 g/mol. The molecule has 1 aromatic carbocycles. The van der Waals surface area contributed by atoms with Crippen LogP contribution in [0.4, 0.5) is 0 Å². The second-order valence-corrected chi connectivity index (χ2v) is 5.28. The lowest BCUT2D eigenvalue weighted by molar-refractivity contribution is -0.119. The molecule has 0 aliphatic rings. The van der Waals surface area contributed by atoms with Gasteiger partial charge < -0.3 is 10.5 Å². The summed E-state index contributed by atoms with van der Waals surface area (Å²) in [6, 6.07) is 6.04. The van der Waals surface area contributed by atoms with Gasteiger partial charge in [0.2, 0.25) is 5.91 Å². The van der Waals surface area contributed by atoms with Crippen molar-refractivity contribution in [3.8, 4) is 5.75 Å². The van der Waals surface area contributed by atoms with Crippen molar-refractivity contribution in [2.45, 2.75) is 26.4 Å². The van der Waals surface area contributed by atoms with Crippen LogP contribution in [0, 0.1) is 0 Å². The zero-order valence-electron chi connectivity index (χ0n) is 10.9. The molecule has 0 unspecified atom stereocenters. The molecule has 1 aromatic rings. The van der Waals surface area contributed by atoms with Crippen LogP contribution in [0.15, 0.2) is 22.7 Å². The molecule has 4 nitrogen and oxygen atoms in total. The number of nitrogens with zero attached hydrogens (tertiary/aromatic N) is 1. The number of amides is 1. The van der Waals surface area contributed by atoms with E-state index in [1.807, 2.05) is 36.9 Å². The average molecular weight is 315 g/mol. The molecule has 0 bridgehead atoms. The fourth-order valence-electron chi connectivity index (χ4n) is 1.64. The van der Waals surface area contributed by atoms with Gasteiger partial charge in [0.25, 0.3) is 0 Å². The first-order valence-corrected chi connectivity index (χ1v) is 6.58. The van der Waals surface area contributed by atoms with Crippen LogP contribution in [0.5, 0.6) is 5.75 Å². The Balaban J connectivity index is 2.88. The number of methoxy groups -OCH3 is 1. The van der Waals surface area contributed by atoms with Crippen molar-refractivity contribution in [2.75, 3.05) is 13.7 Å². The first-order chi connectivity index (χ1) is 8.43. The van der Waals surface area contributed by atoms with E-state index in [1.165, 1.54) is 0 Å². The van der Waals surface area contributed by atoms with Crippen LogP contribution in [-0.4, -0.2) is 30.5 Å². The second kappa shape index (κ2) is 6.75. The fraction of sp³-hybridized carbons (Fsp3) is 0.462. The molecular formula is C13H19BrN2O2. The van der Waals surface area contributed by atoms with Crippen molar-refractivity contribution in [1.29, 1.82) is 0 Å². The van der Waals surface area contributed by atoms with Gasteiger partial charge in [-0.05, 0) is 37.6 Å². The molecule has 18 heavy (non-hydrogen) atoms. The Morgan fingerprint density at radius 2 is 2.17 bits per heavy atom. The number of carbonyl (C=O) groups excluding carboxylic acids is 1. The zero-order chi connectivity index (χ0) is 13.7. The van der Waals surface area contributed by atoms with E-state index in [1.54, 1.807) is 7.11 Å². The molecule has 0 spiro atoms. The Kier molecular flexibility index (Phi) is 5.62. The Labute approximate surface area is 116 Å². The monoisotopic (exact) mass is 314 g/mol. The Bertz CT molecular complexity index is 421. The quantitative estimate of drug-likeness (QED) is 0.875. The highest BCUT2D eigenvalue weighted by Crippen LogP contribution is 2.24. The molecule has 100 valence electrons. The van der Waals surface area contributed by atoms with Gasteiger partial charge in [-0.3, -0.25) is 9.69 Å². The molecule has 0 saturated heterocycles. The summed E-state index contributed by atoms with van der Waals surface area (Å²) in [4.78, 5) is 13.1. The maximum Gasteiger partial charge on any atom is 0.231 e. The largest absolute Gasteiger partial charge is 0.497 e. The van der Waals surface area contributed by atoms with E-state index in [2.05, 4.69) is 15.9 Å². The molecule has 0 aromatic heterocycles. The molecule has 0 fully saturated rings. The van der Waals surface area contributed by atoms with Gasteiger partial charge in [-0.25, -0.2) is 0 Å². The average Bonchev–Trinajstić information content (AvgIpc) is 2.30. The zero-order valence-corrected chi connectivity index (χ0v) is 12.5. The maximum absolute atomic E-state index is 11.1. The standard InChI is InChI=1S/C13H19BrN2O2/c1-9(2)16(8-13(15)17)7-10-6-11(18-3)4-5-12(10)14/h4-6,9H,7-8H2,1-3H3,(H2,15,17). The summed E-state index contributed by atoms with van der Waals surface area (Å²) in [5.74, 6) is 0.485. The van der Waals surface area contributed by atoms with Crippen LogP contribution in [0.25, 0.3) is 0 Å². The number of rotatable bonds is 6. The summed E-state index contributed by atoms with van der Waals surface area (Å²) in [5.41, 5.74) is 6.34. The molecule has 0 aliphatic carbocycles. The van der Waals surface area contributed by atoms with Gasteiger partial charge in [0.1, 0.15) is 5.75 Å². The van der Waals surface area contributed by atoms with E-state index in [9.17, 15) is 4.79 Å². The minimum Gasteiger partial charge on any atom is -0.497 e. The number of primary amides is 1. The molecule has 1 amide bonds. The van der Waals surface area contributed by atoms with E-state index in [-0.39, 0.29) is 18.5 Å². The number of hydrogen-bond donors (Lipinski definition) is 1. The van der Waals surface area contributed by atoms with Gasteiger partial charge in [-0.2, -0.15) is 0 Å². The van der Waals surface area contributed by atoms with Gasteiger partial charge in [-0.15, -0.1) is 0 Å². The second-order valence-electron chi connectivity index (χ2n) is 4.42. The normalized spacial score (nSPS) is 11.0. The maximum atomic E-state index is 11.1. The summed E-state index contributed by atoms with van der Waals surface area (Å²) in [6.45, 7) is 4.98. The Hall–Kier alpha value is -1.07. The summed E-state index contributed by atoms with van der Waals surface area (Å²) in [7, 11) is 1.64. The summed E-state index contributed by atoms with van der Waals surface area (Å²) in [6.07, 6.45) is 0. The van der Waals surface area contributed by atoms with Crippen LogP contribution >= 0.6 is 15.9 Å². The summed E-state index contributed by atoms with van der Waals surface area (Å²) in [5, 5.41) is 0. The van der Waals surface area contributed by atoms with Gasteiger partial charge >= 0.3 is 0 Å². The first-order valence-electron chi connectivity index (χ1n) is 5.78. The molecule has 0 saturated carbocycles. The van der Waals surface area contributed by atoms with Crippen molar-refractivity contribution < 1.29 is 9.53 Å². The Morgan fingerprint density at radius 3 is 2.67 bits per heavy atom. The Morgan fingerprint density at radius 1 is 1.50 bits per heavy atom. The minimum absolute atomic E-state index is 0.246.